The second-order valence-electron chi connectivity index (χ2n) is 6.23. The molecule has 1 aromatic heterocycles. The van der Waals surface area contributed by atoms with Crippen LogP contribution in [0.3, 0.4) is 0 Å². The van der Waals surface area contributed by atoms with E-state index in [-0.39, 0.29) is 5.54 Å². The third-order valence-electron chi connectivity index (χ3n) is 4.44. The van der Waals surface area contributed by atoms with Crippen molar-refractivity contribution in [2.45, 2.75) is 60.9 Å². The number of pyridine rings is 1. The lowest BCUT2D eigenvalue weighted by molar-refractivity contribution is 0.292. The van der Waals surface area contributed by atoms with Gasteiger partial charge in [-0.25, -0.2) is 0 Å². The number of amidine groups is 1. The monoisotopic (exact) mass is 327 g/mol. The van der Waals surface area contributed by atoms with Crippen molar-refractivity contribution in [3.05, 3.63) is 41.1 Å². The van der Waals surface area contributed by atoms with Crippen LogP contribution in [0.25, 0.3) is 10.9 Å². The maximum Gasteiger partial charge on any atom is 0.132 e. The molecule has 0 atom stereocenters. The Morgan fingerprint density at radius 3 is 2.12 bits per heavy atom. The summed E-state index contributed by atoms with van der Waals surface area (Å²) < 4.78 is 0. The van der Waals surface area contributed by atoms with Crippen molar-refractivity contribution < 1.29 is 0 Å². The number of hydrogen-bond donors (Lipinski definition) is 0. The Morgan fingerprint density at radius 1 is 1.00 bits per heavy atom. The smallest absolute Gasteiger partial charge is 0.132 e. The predicted octanol–water partition coefficient (Wildman–Crippen LogP) is 5.37. The molecule has 1 aliphatic heterocycles. The summed E-state index contributed by atoms with van der Waals surface area (Å²) in [6, 6.07) is 8.33. The Labute approximate surface area is 147 Å². The molecule has 0 bridgehead atoms. The van der Waals surface area contributed by atoms with Gasteiger partial charge in [0.05, 0.1) is 17.6 Å². The molecule has 0 aliphatic carbocycles. The van der Waals surface area contributed by atoms with E-state index >= 15 is 0 Å². The number of benzene rings is 1. The quantitative estimate of drug-likeness (QED) is 0.704. The van der Waals surface area contributed by atoms with Gasteiger partial charge in [0.25, 0.3) is 0 Å². The van der Waals surface area contributed by atoms with Gasteiger partial charge in [-0.15, -0.1) is 0 Å². The number of aryl methyl sites for hydroxylation is 1. The lowest BCUT2D eigenvalue weighted by atomic mass is 9.99. The molecule has 3 rings (SSSR count). The van der Waals surface area contributed by atoms with Gasteiger partial charge in [-0.2, -0.15) is 0 Å². The minimum absolute atomic E-state index is 0.0834. The van der Waals surface area contributed by atoms with Gasteiger partial charge in [-0.3, -0.25) is 9.98 Å². The van der Waals surface area contributed by atoms with Crippen LogP contribution in [0.5, 0.6) is 0 Å². The number of hydrogen-bond acceptors (Lipinski definition) is 3. The topological polar surface area (TPSA) is 28.5 Å². The van der Waals surface area contributed by atoms with Crippen LogP contribution in [0.1, 0.15) is 58.4 Å². The highest BCUT2D eigenvalue weighted by Gasteiger charge is 2.33. The zero-order valence-corrected chi connectivity index (χ0v) is 16.9. The summed E-state index contributed by atoms with van der Waals surface area (Å²) in [5, 5.41) is 1.19. The maximum absolute atomic E-state index is 4.81. The Kier molecular flexibility index (Phi) is 6.94. The van der Waals surface area contributed by atoms with Crippen molar-refractivity contribution in [2.75, 3.05) is 13.6 Å². The first-order valence-electron chi connectivity index (χ1n) is 9.06. The normalized spacial score (nSPS) is 15.2. The minimum atomic E-state index is 0.0834. The number of aliphatic imine (C=N–C) groups is 1. The van der Waals surface area contributed by atoms with E-state index in [2.05, 4.69) is 57.8 Å². The summed E-state index contributed by atoms with van der Waals surface area (Å²) in [5.74, 6) is 1.09. The molecule has 132 valence electrons. The fourth-order valence-electron chi connectivity index (χ4n) is 2.73. The molecule has 0 amide bonds. The second kappa shape index (κ2) is 8.27. The number of likely N-dealkylation sites (N-methyl/N-ethyl adjacent to an activating group) is 1. The average molecular weight is 328 g/mol. The molecule has 0 fully saturated rings. The van der Waals surface area contributed by atoms with E-state index in [0.717, 1.165) is 23.6 Å². The summed E-state index contributed by atoms with van der Waals surface area (Å²) in [5.41, 5.74) is 4.68. The third-order valence-corrected chi connectivity index (χ3v) is 4.44. The van der Waals surface area contributed by atoms with Crippen LogP contribution >= 0.6 is 0 Å². The van der Waals surface area contributed by atoms with Crippen LogP contribution in [-0.4, -0.2) is 34.9 Å². The molecule has 2 aromatic rings. The fraction of sp³-hybridized carbons (Fsp3) is 0.524. The van der Waals surface area contributed by atoms with Crippen LogP contribution in [0.15, 0.2) is 29.3 Å². The number of rotatable bonds is 1. The van der Waals surface area contributed by atoms with Gasteiger partial charge in [0.2, 0.25) is 0 Å². The second-order valence-corrected chi connectivity index (χ2v) is 6.23. The Balaban J connectivity index is 0.000000671. The van der Waals surface area contributed by atoms with Crippen LogP contribution < -0.4 is 0 Å². The van der Waals surface area contributed by atoms with Crippen LogP contribution in [-0.2, 0) is 0 Å². The van der Waals surface area contributed by atoms with E-state index in [0.29, 0.717) is 0 Å². The van der Waals surface area contributed by atoms with Gasteiger partial charge in [-0.05, 0) is 39.3 Å². The number of nitrogens with zero attached hydrogens (tertiary/aromatic N) is 3. The van der Waals surface area contributed by atoms with E-state index in [1.165, 1.54) is 16.5 Å². The number of aromatic nitrogens is 1. The van der Waals surface area contributed by atoms with Crippen LogP contribution in [0.2, 0.25) is 0 Å². The van der Waals surface area contributed by atoms with E-state index in [9.17, 15) is 0 Å². The summed E-state index contributed by atoms with van der Waals surface area (Å²) in [4.78, 5) is 11.8. The Hall–Kier alpha value is -1.90. The molecule has 24 heavy (non-hydrogen) atoms. The van der Waals surface area contributed by atoms with Crippen LogP contribution in [0, 0.1) is 13.8 Å². The van der Waals surface area contributed by atoms with E-state index in [4.69, 9.17) is 9.98 Å². The molecule has 0 N–H and O–H groups in total. The molecular weight excluding hydrogens is 294 g/mol. The van der Waals surface area contributed by atoms with Crippen molar-refractivity contribution >= 4 is 16.7 Å². The molecule has 0 saturated heterocycles. The molecule has 3 heteroatoms. The molecule has 0 saturated carbocycles. The number of fused-ring (bicyclic) bond motifs is 1. The molecule has 0 unspecified atom stereocenters. The van der Waals surface area contributed by atoms with Gasteiger partial charge < -0.3 is 4.90 Å². The van der Waals surface area contributed by atoms with Crippen LogP contribution in [0.4, 0.5) is 0 Å². The van der Waals surface area contributed by atoms with E-state index in [1.54, 1.807) is 0 Å². The van der Waals surface area contributed by atoms with Gasteiger partial charge in [0, 0.05) is 23.7 Å². The van der Waals surface area contributed by atoms with E-state index < -0.39 is 0 Å². The van der Waals surface area contributed by atoms with Gasteiger partial charge in [0.1, 0.15) is 5.84 Å². The fourth-order valence-corrected chi connectivity index (χ4v) is 2.73. The number of para-hydroxylation sites is 1. The molecular formula is C21H33N3. The highest BCUT2D eigenvalue weighted by molar-refractivity contribution is 6.11. The molecule has 0 spiro atoms. The third kappa shape index (κ3) is 3.61. The first-order chi connectivity index (χ1) is 11.4. The van der Waals surface area contributed by atoms with Crippen molar-refractivity contribution in [2.24, 2.45) is 4.99 Å². The Bertz CT molecular complexity index is 714. The van der Waals surface area contributed by atoms with Crippen molar-refractivity contribution in [3.8, 4) is 0 Å². The molecule has 1 aromatic carbocycles. The van der Waals surface area contributed by atoms with Crippen molar-refractivity contribution in [1.82, 2.24) is 9.88 Å². The zero-order valence-electron chi connectivity index (χ0n) is 16.9. The molecule has 1 aliphatic rings. The summed E-state index contributed by atoms with van der Waals surface area (Å²) >= 11 is 0. The summed E-state index contributed by atoms with van der Waals surface area (Å²) in [6.45, 7) is 17.5. The van der Waals surface area contributed by atoms with Gasteiger partial charge in [-0.1, -0.05) is 45.9 Å². The first kappa shape index (κ1) is 20.1. The average Bonchev–Trinajstić information content (AvgIpc) is 2.87. The highest BCUT2D eigenvalue weighted by Crippen LogP contribution is 2.30. The largest absolute Gasteiger partial charge is 0.352 e. The highest BCUT2D eigenvalue weighted by atomic mass is 15.3. The lowest BCUT2D eigenvalue weighted by Gasteiger charge is -2.31. The lowest BCUT2D eigenvalue weighted by Crippen LogP contribution is -2.42. The van der Waals surface area contributed by atoms with Crippen molar-refractivity contribution in [1.29, 1.82) is 0 Å². The van der Waals surface area contributed by atoms with Gasteiger partial charge in [0.15, 0.2) is 0 Å². The Morgan fingerprint density at radius 2 is 1.58 bits per heavy atom. The standard InChI is InChI=1S/C17H21N3.2C2H6/c1-11-12(2)19-14-9-7-6-8-13(14)15(11)16-18-10-17(3,4)20(16)5;2*1-2/h6-9H,10H2,1-5H3;2*1-2H3. The van der Waals surface area contributed by atoms with Gasteiger partial charge >= 0.3 is 0 Å². The molecule has 0 radical (unpaired) electrons. The zero-order chi connectivity index (χ0) is 18.5. The van der Waals surface area contributed by atoms with E-state index in [1.807, 2.05) is 33.8 Å². The first-order valence-corrected chi connectivity index (χ1v) is 9.06. The SMILES string of the molecule is CC.CC.Cc1nc2ccccc2c(C2=NCC(C)(C)N2C)c1C. The predicted molar refractivity (Wildman–Crippen MR) is 107 cm³/mol. The molecule has 2 heterocycles. The summed E-state index contributed by atoms with van der Waals surface area (Å²) in [6.07, 6.45) is 0. The maximum atomic E-state index is 4.81. The minimum Gasteiger partial charge on any atom is -0.352 e. The summed E-state index contributed by atoms with van der Waals surface area (Å²) in [7, 11) is 2.13. The molecule has 3 nitrogen and oxygen atoms in total. The van der Waals surface area contributed by atoms with Crippen molar-refractivity contribution in [3.63, 3.8) is 0 Å².